The molecule has 0 spiro atoms. The van der Waals surface area contributed by atoms with E-state index in [0.717, 1.165) is 15.7 Å². The van der Waals surface area contributed by atoms with Crippen molar-refractivity contribution in [2.75, 3.05) is 24.7 Å². The van der Waals surface area contributed by atoms with Crippen LogP contribution in [0.15, 0.2) is 22.7 Å². The number of anilines is 1. The Morgan fingerprint density at radius 2 is 2.27 bits per heavy atom. The molecule has 1 aliphatic rings. The quantitative estimate of drug-likeness (QED) is 0.782. The van der Waals surface area contributed by atoms with E-state index in [9.17, 15) is 4.79 Å². The molecule has 1 amide bonds. The predicted octanol–water partition coefficient (Wildman–Crippen LogP) is 2.12. The molecular formula is C11H12BrNO2. The molecule has 2 rings (SSSR count). The molecule has 0 aliphatic carbocycles. The molecule has 0 atom stereocenters. The van der Waals surface area contributed by atoms with E-state index in [0.29, 0.717) is 13.2 Å². The molecule has 1 saturated heterocycles. The molecule has 4 heteroatoms. The van der Waals surface area contributed by atoms with Crippen molar-refractivity contribution in [1.82, 2.24) is 0 Å². The smallest absolute Gasteiger partial charge is 0.253 e. The lowest BCUT2D eigenvalue weighted by molar-refractivity contribution is -0.125. The third-order valence-corrected chi connectivity index (χ3v) is 3.37. The summed E-state index contributed by atoms with van der Waals surface area (Å²) in [5.41, 5.74) is 2.06. The summed E-state index contributed by atoms with van der Waals surface area (Å²) in [5.74, 6) is 0.0300. The molecule has 0 radical (unpaired) electrons. The van der Waals surface area contributed by atoms with E-state index in [1.54, 1.807) is 4.90 Å². The van der Waals surface area contributed by atoms with E-state index in [1.807, 2.05) is 25.1 Å². The molecule has 1 aromatic carbocycles. The number of carbonyl (C=O) groups is 1. The monoisotopic (exact) mass is 269 g/mol. The van der Waals surface area contributed by atoms with E-state index in [1.165, 1.54) is 0 Å². The highest BCUT2D eigenvalue weighted by atomic mass is 79.9. The minimum Gasteiger partial charge on any atom is -0.370 e. The van der Waals surface area contributed by atoms with Crippen LogP contribution in [0.25, 0.3) is 0 Å². The Kier molecular flexibility index (Phi) is 3.07. The maximum absolute atomic E-state index is 11.6. The average molecular weight is 270 g/mol. The maximum atomic E-state index is 11.6. The van der Waals surface area contributed by atoms with Gasteiger partial charge in [-0.3, -0.25) is 4.79 Å². The van der Waals surface area contributed by atoms with Crippen LogP contribution in [0.5, 0.6) is 0 Å². The third-order valence-electron chi connectivity index (χ3n) is 2.52. The lowest BCUT2D eigenvalue weighted by Gasteiger charge is -2.28. The summed E-state index contributed by atoms with van der Waals surface area (Å²) in [5, 5.41) is 0. The topological polar surface area (TPSA) is 29.5 Å². The highest BCUT2D eigenvalue weighted by molar-refractivity contribution is 9.10. The van der Waals surface area contributed by atoms with Crippen molar-refractivity contribution in [3.8, 4) is 0 Å². The maximum Gasteiger partial charge on any atom is 0.253 e. The number of hydrogen-bond donors (Lipinski definition) is 0. The summed E-state index contributed by atoms with van der Waals surface area (Å²) in [6.45, 7) is 3.43. The number of nitrogens with zero attached hydrogens (tertiary/aromatic N) is 1. The van der Waals surface area contributed by atoms with Crippen LogP contribution in [-0.4, -0.2) is 25.7 Å². The number of morpholine rings is 1. The molecule has 80 valence electrons. The van der Waals surface area contributed by atoms with Crippen LogP contribution < -0.4 is 4.90 Å². The van der Waals surface area contributed by atoms with Crippen LogP contribution in [0, 0.1) is 6.92 Å². The molecule has 1 heterocycles. The second-order valence-electron chi connectivity index (χ2n) is 3.48. The summed E-state index contributed by atoms with van der Waals surface area (Å²) in [6.07, 6.45) is 0. The van der Waals surface area contributed by atoms with E-state index in [2.05, 4.69) is 15.9 Å². The van der Waals surface area contributed by atoms with Crippen molar-refractivity contribution >= 4 is 27.5 Å². The van der Waals surface area contributed by atoms with Crippen LogP contribution >= 0.6 is 15.9 Å². The van der Waals surface area contributed by atoms with Gasteiger partial charge in [0.25, 0.3) is 5.91 Å². The highest BCUT2D eigenvalue weighted by Crippen LogP contribution is 2.27. The molecule has 0 saturated carbocycles. The SMILES string of the molecule is Cc1c(Br)cccc1N1CCOCC1=O. The Hall–Kier alpha value is -0.870. The van der Waals surface area contributed by atoms with Crippen LogP contribution in [0.3, 0.4) is 0 Å². The number of carbonyl (C=O) groups excluding carboxylic acids is 1. The molecule has 15 heavy (non-hydrogen) atoms. The molecule has 0 bridgehead atoms. The van der Waals surface area contributed by atoms with Crippen LogP contribution in [-0.2, 0) is 9.53 Å². The zero-order chi connectivity index (χ0) is 10.8. The molecule has 0 aromatic heterocycles. The Morgan fingerprint density at radius 3 is 3.00 bits per heavy atom. The highest BCUT2D eigenvalue weighted by Gasteiger charge is 2.21. The van der Waals surface area contributed by atoms with Gasteiger partial charge in [0.15, 0.2) is 0 Å². The van der Waals surface area contributed by atoms with Crippen LogP contribution in [0.1, 0.15) is 5.56 Å². The Labute approximate surface area is 97.2 Å². The molecule has 1 aliphatic heterocycles. The van der Waals surface area contributed by atoms with Gasteiger partial charge in [-0.15, -0.1) is 0 Å². The first-order valence-electron chi connectivity index (χ1n) is 4.83. The van der Waals surface area contributed by atoms with Crippen molar-refractivity contribution in [1.29, 1.82) is 0 Å². The zero-order valence-corrected chi connectivity index (χ0v) is 10.1. The molecule has 0 unspecified atom stereocenters. The summed E-state index contributed by atoms with van der Waals surface area (Å²) in [7, 11) is 0. The van der Waals surface area contributed by atoms with Gasteiger partial charge < -0.3 is 9.64 Å². The van der Waals surface area contributed by atoms with Gasteiger partial charge in [0, 0.05) is 16.7 Å². The van der Waals surface area contributed by atoms with E-state index >= 15 is 0 Å². The lowest BCUT2D eigenvalue weighted by atomic mass is 10.1. The van der Waals surface area contributed by atoms with Gasteiger partial charge >= 0.3 is 0 Å². The van der Waals surface area contributed by atoms with Crippen molar-refractivity contribution in [2.24, 2.45) is 0 Å². The fraction of sp³-hybridized carbons (Fsp3) is 0.364. The van der Waals surface area contributed by atoms with Gasteiger partial charge in [0.1, 0.15) is 6.61 Å². The molecule has 1 aromatic rings. The standard InChI is InChI=1S/C11H12BrNO2/c1-8-9(12)3-2-4-10(8)13-5-6-15-7-11(13)14/h2-4H,5-7H2,1H3. The van der Waals surface area contributed by atoms with E-state index < -0.39 is 0 Å². The van der Waals surface area contributed by atoms with E-state index in [4.69, 9.17) is 4.74 Å². The number of amides is 1. The number of halogens is 1. The van der Waals surface area contributed by atoms with Crippen molar-refractivity contribution < 1.29 is 9.53 Å². The number of ether oxygens (including phenoxy) is 1. The van der Waals surface area contributed by atoms with Crippen LogP contribution in [0.4, 0.5) is 5.69 Å². The van der Waals surface area contributed by atoms with Crippen molar-refractivity contribution in [3.63, 3.8) is 0 Å². The fourth-order valence-electron chi connectivity index (χ4n) is 1.66. The first kappa shape index (κ1) is 10.6. The number of hydrogen-bond acceptors (Lipinski definition) is 2. The van der Waals surface area contributed by atoms with Gasteiger partial charge in [-0.05, 0) is 24.6 Å². The van der Waals surface area contributed by atoms with Crippen LogP contribution in [0.2, 0.25) is 0 Å². The minimum absolute atomic E-state index is 0.0300. The Balaban J connectivity index is 2.35. The third kappa shape index (κ3) is 2.06. The predicted molar refractivity (Wildman–Crippen MR) is 62.1 cm³/mol. The summed E-state index contributed by atoms with van der Waals surface area (Å²) < 4.78 is 6.13. The molecule has 3 nitrogen and oxygen atoms in total. The second kappa shape index (κ2) is 4.33. The minimum atomic E-state index is 0.0300. The summed E-state index contributed by atoms with van der Waals surface area (Å²) in [4.78, 5) is 13.4. The molecular weight excluding hydrogens is 258 g/mol. The van der Waals surface area contributed by atoms with Gasteiger partial charge in [-0.25, -0.2) is 0 Å². The summed E-state index contributed by atoms with van der Waals surface area (Å²) in [6, 6.07) is 5.88. The largest absolute Gasteiger partial charge is 0.370 e. The van der Waals surface area contributed by atoms with Gasteiger partial charge in [-0.1, -0.05) is 22.0 Å². The fourth-order valence-corrected chi connectivity index (χ4v) is 2.02. The Morgan fingerprint density at radius 1 is 1.47 bits per heavy atom. The Bertz CT molecular complexity index is 392. The first-order valence-corrected chi connectivity index (χ1v) is 5.62. The normalized spacial score (nSPS) is 16.9. The number of rotatable bonds is 1. The van der Waals surface area contributed by atoms with Crippen molar-refractivity contribution in [2.45, 2.75) is 6.92 Å². The van der Waals surface area contributed by atoms with Crippen molar-refractivity contribution in [3.05, 3.63) is 28.2 Å². The molecule has 0 N–H and O–H groups in total. The zero-order valence-electron chi connectivity index (χ0n) is 8.50. The van der Waals surface area contributed by atoms with Gasteiger partial charge in [0.05, 0.1) is 6.61 Å². The van der Waals surface area contributed by atoms with E-state index in [-0.39, 0.29) is 12.5 Å². The first-order chi connectivity index (χ1) is 7.20. The second-order valence-corrected chi connectivity index (χ2v) is 4.34. The van der Waals surface area contributed by atoms with Gasteiger partial charge in [-0.2, -0.15) is 0 Å². The van der Waals surface area contributed by atoms with Gasteiger partial charge in [0.2, 0.25) is 0 Å². The molecule has 1 fully saturated rings. The lowest BCUT2D eigenvalue weighted by Crippen LogP contribution is -2.42. The average Bonchev–Trinajstić information content (AvgIpc) is 2.23. The summed E-state index contributed by atoms with van der Waals surface area (Å²) >= 11 is 3.46. The number of benzene rings is 1.